The maximum absolute atomic E-state index is 11.2. The van der Waals surface area contributed by atoms with Crippen LogP contribution in [0.2, 0.25) is 0 Å². The van der Waals surface area contributed by atoms with Gasteiger partial charge in [-0.15, -0.1) is 0 Å². The van der Waals surface area contributed by atoms with E-state index in [2.05, 4.69) is 30.1 Å². The molecule has 2 heterocycles. The van der Waals surface area contributed by atoms with Crippen molar-refractivity contribution in [1.29, 1.82) is 0 Å². The molecule has 2 aliphatic heterocycles. The largest absolute Gasteiger partial charge is 0.454 e. The Hall–Kier alpha value is -2.98. The van der Waals surface area contributed by atoms with Crippen LogP contribution in [0.1, 0.15) is 28.4 Å². The average molecular weight is 359 g/mol. The molecule has 0 fully saturated rings. The summed E-state index contributed by atoms with van der Waals surface area (Å²) >= 11 is 0. The standard InChI is InChI=1S/C23H21NO3/c1-14-6-8-15(9-7-14)23(25)17-4-3-5-19-22(17)18-11-21-20(26-13-27-21)10-16(18)12-24(19)2/h3-11,23,25H,12-13H2,1-2H3. The summed E-state index contributed by atoms with van der Waals surface area (Å²) in [5.74, 6) is 1.56. The molecule has 4 nitrogen and oxygen atoms in total. The van der Waals surface area contributed by atoms with Gasteiger partial charge in [-0.3, -0.25) is 0 Å². The number of aliphatic hydroxyl groups is 1. The van der Waals surface area contributed by atoms with Crippen LogP contribution in [0.25, 0.3) is 11.1 Å². The minimum Gasteiger partial charge on any atom is -0.454 e. The molecule has 136 valence electrons. The van der Waals surface area contributed by atoms with Gasteiger partial charge in [0.2, 0.25) is 6.79 Å². The third kappa shape index (κ3) is 2.56. The first-order valence-corrected chi connectivity index (χ1v) is 9.13. The van der Waals surface area contributed by atoms with Gasteiger partial charge in [0, 0.05) is 24.8 Å². The van der Waals surface area contributed by atoms with E-state index >= 15 is 0 Å². The summed E-state index contributed by atoms with van der Waals surface area (Å²) in [6, 6.07) is 18.3. The predicted octanol–water partition coefficient (Wildman–Crippen LogP) is 4.42. The lowest BCUT2D eigenvalue weighted by Crippen LogP contribution is -2.22. The quantitative estimate of drug-likeness (QED) is 0.735. The summed E-state index contributed by atoms with van der Waals surface area (Å²) < 4.78 is 11.2. The van der Waals surface area contributed by atoms with E-state index in [-0.39, 0.29) is 6.79 Å². The predicted molar refractivity (Wildman–Crippen MR) is 105 cm³/mol. The lowest BCUT2D eigenvalue weighted by molar-refractivity contribution is 0.174. The van der Waals surface area contributed by atoms with E-state index in [0.29, 0.717) is 0 Å². The SMILES string of the molecule is Cc1ccc(C(O)c2cccc3c2-c2cc4c(cc2CN3C)OCO4)cc1. The Kier molecular flexibility index (Phi) is 3.62. The van der Waals surface area contributed by atoms with Gasteiger partial charge in [-0.25, -0.2) is 0 Å². The van der Waals surface area contributed by atoms with Gasteiger partial charge in [0.15, 0.2) is 11.5 Å². The minimum absolute atomic E-state index is 0.258. The van der Waals surface area contributed by atoms with Gasteiger partial charge >= 0.3 is 0 Å². The van der Waals surface area contributed by atoms with Gasteiger partial charge in [0.1, 0.15) is 6.10 Å². The summed E-state index contributed by atoms with van der Waals surface area (Å²) in [6.07, 6.45) is -0.690. The summed E-state index contributed by atoms with van der Waals surface area (Å²) in [6.45, 7) is 3.10. The number of benzene rings is 3. The number of hydrogen-bond acceptors (Lipinski definition) is 4. The molecule has 0 spiro atoms. The first-order valence-electron chi connectivity index (χ1n) is 9.13. The number of ether oxygens (including phenoxy) is 2. The molecule has 4 heteroatoms. The molecule has 0 aromatic heterocycles. The van der Waals surface area contributed by atoms with E-state index < -0.39 is 6.10 Å². The second-order valence-electron chi connectivity index (χ2n) is 7.27. The molecule has 0 aliphatic carbocycles. The first kappa shape index (κ1) is 16.2. The number of fused-ring (bicyclic) bond motifs is 4. The van der Waals surface area contributed by atoms with Gasteiger partial charge in [-0.1, -0.05) is 42.0 Å². The molecular formula is C23H21NO3. The highest BCUT2D eigenvalue weighted by Gasteiger charge is 2.28. The third-order valence-corrected chi connectivity index (χ3v) is 5.45. The Bertz CT molecular complexity index is 1030. The van der Waals surface area contributed by atoms with Crippen LogP contribution in [0.4, 0.5) is 5.69 Å². The highest BCUT2D eigenvalue weighted by Crippen LogP contribution is 2.47. The van der Waals surface area contributed by atoms with Gasteiger partial charge in [0.05, 0.1) is 0 Å². The van der Waals surface area contributed by atoms with Crippen LogP contribution in [-0.2, 0) is 6.54 Å². The molecule has 3 aromatic rings. The van der Waals surface area contributed by atoms with Crippen molar-refractivity contribution in [3.8, 4) is 22.6 Å². The molecule has 0 saturated heterocycles. The van der Waals surface area contributed by atoms with Crippen molar-refractivity contribution >= 4 is 5.69 Å². The molecule has 1 atom stereocenters. The summed E-state index contributed by atoms with van der Waals surface area (Å²) in [7, 11) is 2.08. The molecule has 0 amide bonds. The van der Waals surface area contributed by atoms with Crippen molar-refractivity contribution in [3.63, 3.8) is 0 Å². The number of aliphatic hydroxyl groups excluding tert-OH is 1. The zero-order chi connectivity index (χ0) is 18.5. The van der Waals surface area contributed by atoms with E-state index in [1.807, 2.05) is 43.3 Å². The molecule has 3 aromatic carbocycles. The Morgan fingerprint density at radius 3 is 2.52 bits per heavy atom. The average Bonchev–Trinajstić information content (AvgIpc) is 3.14. The second-order valence-corrected chi connectivity index (χ2v) is 7.27. The first-order chi connectivity index (χ1) is 13.1. The van der Waals surface area contributed by atoms with E-state index in [9.17, 15) is 5.11 Å². The van der Waals surface area contributed by atoms with Crippen molar-refractivity contribution in [2.75, 3.05) is 18.7 Å². The van der Waals surface area contributed by atoms with E-state index in [0.717, 1.165) is 46.0 Å². The van der Waals surface area contributed by atoms with Crippen molar-refractivity contribution in [2.45, 2.75) is 19.6 Å². The molecule has 5 rings (SSSR count). The Labute approximate surface area is 158 Å². The van der Waals surface area contributed by atoms with Crippen LogP contribution < -0.4 is 14.4 Å². The monoisotopic (exact) mass is 359 g/mol. The Balaban J connectivity index is 1.70. The van der Waals surface area contributed by atoms with Crippen molar-refractivity contribution < 1.29 is 14.6 Å². The molecule has 27 heavy (non-hydrogen) atoms. The normalized spacial score (nSPS) is 15.3. The maximum atomic E-state index is 11.2. The highest BCUT2D eigenvalue weighted by molar-refractivity contribution is 5.88. The van der Waals surface area contributed by atoms with Gasteiger partial charge in [-0.2, -0.15) is 0 Å². The zero-order valence-electron chi connectivity index (χ0n) is 15.4. The van der Waals surface area contributed by atoms with E-state index in [1.165, 1.54) is 11.1 Å². The highest BCUT2D eigenvalue weighted by atomic mass is 16.7. The summed E-state index contributed by atoms with van der Waals surface area (Å²) in [4.78, 5) is 2.21. The smallest absolute Gasteiger partial charge is 0.231 e. The van der Waals surface area contributed by atoms with Crippen molar-refractivity contribution in [2.24, 2.45) is 0 Å². The molecule has 0 bridgehead atoms. The van der Waals surface area contributed by atoms with Crippen LogP contribution in [0.5, 0.6) is 11.5 Å². The maximum Gasteiger partial charge on any atom is 0.231 e. The van der Waals surface area contributed by atoms with Crippen LogP contribution in [0, 0.1) is 6.92 Å². The van der Waals surface area contributed by atoms with Crippen LogP contribution in [0.15, 0.2) is 54.6 Å². The molecular weight excluding hydrogens is 338 g/mol. The second kappa shape index (κ2) is 6.03. The number of aryl methyl sites for hydroxylation is 1. The fraction of sp³-hybridized carbons (Fsp3) is 0.217. The molecule has 1 unspecified atom stereocenters. The van der Waals surface area contributed by atoms with E-state index in [1.54, 1.807) is 0 Å². The fourth-order valence-corrected chi connectivity index (χ4v) is 4.01. The van der Waals surface area contributed by atoms with Crippen molar-refractivity contribution in [3.05, 3.63) is 76.9 Å². The van der Waals surface area contributed by atoms with E-state index in [4.69, 9.17) is 9.47 Å². The lowest BCUT2D eigenvalue weighted by Gasteiger charge is -2.32. The van der Waals surface area contributed by atoms with Crippen LogP contribution in [-0.4, -0.2) is 18.9 Å². The Morgan fingerprint density at radius 2 is 1.74 bits per heavy atom. The summed E-state index contributed by atoms with van der Waals surface area (Å²) in [5.41, 5.74) is 7.44. The van der Waals surface area contributed by atoms with Gasteiger partial charge < -0.3 is 19.5 Å². The number of rotatable bonds is 2. The van der Waals surface area contributed by atoms with Gasteiger partial charge in [-0.05, 0) is 47.4 Å². The minimum atomic E-state index is -0.690. The summed E-state index contributed by atoms with van der Waals surface area (Å²) in [5, 5.41) is 11.2. The molecule has 2 aliphatic rings. The fourth-order valence-electron chi connectivity index (χ4n) is 4.01. The van der Waals surface area contributed by atoms with Crippen molar-refractivity contribution in [1.82, 2.24) is 0 Å². The number of nitrogens with zero attached hydrogens (tertiary/aromatic N) is 1. The molecule has 1 N–H and O–H groups in total. The molecule has 0 radical (unpaired) electrons. The number of hydrogen-bond donors (Lipinski definition) is 1. The van der Waals surface area contributed by atoms with Crippen LogP contribution in [0.3, 0.4) is 0 Å². The Morgan fingerprint density at radius 1 is 1.00 bits per heavy atom. The van der Waals surface area contributed by atoms with Gasteiger partial charge in [0.25, 0.3) is 0 Å². The third-order valence-electron chi connectivity index (χ3n) is 5.45. The molecule has 0 saturated carbocycles. The topological polar surface area (TPSA) is 41.9 Å². The lowest BCUT2D eigenvalue weighted by atomic mass is 9.86. The van der Waals surface area contributed by atoms with Crippen LogP contribution >= 0.6 is 0 Å². The zero-order valence-corrected chi connectivity index (χ0v) is 15.4. The number of anilines is 1.